The van der Waals surface area contributed by atoms with Crippen LogP contribution in [-0.2, 0) is 0 Å². The predicted molar refractivity (Wildman–Crippen MR) is 170 cm³/mol. The van der Waals surface area contributed by atoms with Gasteiger partial charge in [0.05, 0.1) is 5.69 Å². The summed E-state index contributed by atoms with van der Waals surface area (Å²) < 4.78 is 42.7. The van der Waals surface area contributed by atoms with Gasteiger partial charge in [0, 0.05) is 29.6 Å². The molecule has 4 aromatic rings. The number of anilines is 1. The first-order chi connectivity index (χ1) is 21.6. The third-order valence-corrected chi connectivity index (χ3v) is 9.18. The lowest BCUT2D eigenvalue weighted by atomic mass is 9.96. The van der Waals surface area contributed by atoms with Crippen molar-refractivity contribution in [2.45, 2.75) is 57.9 Å². The number of nitrogens with one attached hydrogen (secondary N) is 1. The zero-order valence-electron chi connectivity index (χ0n) is 24.9. The maximum atomic E-state index is 13.0. The number of rotatable bonds is 6. The van der Waals surface area contributed by atoms with E-state index in [-0.39, 0.29) is 17.8 Å². The first-order valence-electron chi connectivity index (χ1n) is 14.9. The third kappa shape index (κ3) is 7.33. The summed E-state index contributed by atoms with van der Waals surface area (Å²) in [5, 5.41) is 8.39. The normalized spacial score (nSPS) is 19.6. The Balaban J connectivity index is 1.06. The van der Waals surface area contributed by atoms with Gasteiger partial charge in [0.25, 0.3) is 0 Å². The van der Waals surface area contributed by atoms with Gasteiger partial charge in [-0.25, -0.2) is 14.5 Å². The second-order valence-corrected chi connectivity index (χ2v) is 12.4. The van der Waals surface area contributed by atoms with Gasteiger partial charge in [0.1, 0.15) is 12.1 Å². The minimum atomic E-state index is -4.74. The van der Waals surface area contributed by atoms with Gasteiger partial charge < -0.3 is 15.0 Å². The van der Waals surface area contributed by atoms with Crippen LogP contribution in [0.5, 0.6) is 5.75 Å². The summed E-state index contributed by atoms with van der Waals surface area (Å²) in [4.78, 5) is 24.1. The van der Waals surface area contributed by atoms with Crippen molar-refractivity contribution in [1.29, 1.82) is 0 Å². The molecule has 1 aliphatic heterocycles. The Bertz CT molecular complexity index is 1670. The molecular formula is C33H33F3N6O2S. The lowest BCUT2D eigenvalue weighted by Gasteiger charge is -2.32. The summed E-state index contributed by atoms with van der Waals surface area (Å²) in [5.41, 5.74) is 6.05. The van der Waals surface area contributed by atoms with E-state index in [1.807, 2.05) is 12.1 Å². The summed E-state index contributed by atoms with van der Waals surface area (Å²) in [6.45, 7) is 5.03. The standard InChI is InChI=1S/C33H33F3N6O2S/c1-21-5-3-6-22(2)29(21)41-17-4-18-45-32(41)39-31(43)38-26-12-11-25(19-26)23-7-9-24(10-8-23)30-37-20-42(40-30)27-13-15-28(16-14-27)44-33(34,35)36/h3,5-10,13-16,20,25-26H,4,11-12,17-19H2,1-2H3,(H,38,43)/b39-32-. The van der Waals surface area contributed by atoms with Gasteiger partial charge in [-0.15, -0.1) is 18.3 Å². The molecule has 0 bridgehead atoms. The Kier molecular flexibility index (Phi) is 8.84. The number of halogens is 3. The van der Waals surface area contributed by atoms with Gasteiger partial charge in [-0.2, -0.15) is 4.99 Å². The van der Waals surface area contributed by atoms with Crippen molar-refractivity contribution < 1.29 is 22.7 Å². The number of urea groups is 1. The highest BCUT2D eigenvalue weighted by Gasteiger charge is 2.31. The Hall–Kier alpha value is -4.32. The van der Waals surface area contributed by atoms with Crippen LogP contribution in [0.15, 0.2) is 78.0 Å². The fourth-order valence-electron chi connectivity index (χ4n) is 6.02. The van der Waals surface area contributed by atoms with E-state index in [1.54, 1.807) is 11.8 Å². The molecule has 0 radical (unpaired) electrons. The number of aryl methyl sites for hydroxylation is 2. The number of benzene rings is 3. The van der Waals surface area contributed by atoms with Crippen molar-refractivity contribution in [3.63, 3.8) is 0 Å². The number of para-hydroxylation sites is 1. The van der Waals surface area contributed by atoms with Crippen molar-refractivity contribution >= 4 is 28.6 Å². The second kappa shape index (κ2) is 13.0. The molecule has 45 heavy (non-hydrogen) atoms. The van der Waals surface area contributed by atoms with E-state index in [2.05, 4.69) is 74.2 Å². The van der Waals surface area contributed by atoms with Crippen molar-refractivity contribution in [2.24, 2.45) is 4.99 Å². The summed E-state index contributed by atoms with van der Waals surface area (Å²) in [6.07, 6.45) is 0.501. The van der Waals surface area contributed by atoms with E-state index >= 15 is 0 Å². The van der Waals surface area contributed by atoms with Gasteiger partial charge in [0.15, 0.2) is 11.0 Å². The predicted octanol–water partition coefficient (Wildman–Crippen LogP) is 7.79. The van der Waals surface area contributed by atoms with E-state index in [0.29, 0.717) is 17.4 Å². The first kappa shape index (κ1) is 30.7. The lowest BCUT2D eigenvalue weighted by Crippen LogP contribution is -2.38. The Morgan fingerprint density at radius 1 is 1.02 bits per heavy atom. The molecular weight excluding hydrogens is 601 g/mol. The molecule has 1 aliphatic carbocycles. The highest BCUT2D eigenvalue weighted by atomic mass is 32.2. The molecule has 2 heterocycles. The van der Waals surface area contributed by atoms with E-state index in [9.17, 15) is 18.0 Å². The number of nitrogens with zero attached hydrogens (tertiary/aromatic N) is 5. The molecule has 0 spiro atoms. The van der Waals surface area contributed by atoms with Crippen LogP contribution in [-0.4, -0.2) is 50.7 Å². The monoisotopic (exact) mass is 634 g/mol. The minimum Gasteiger partial charge on any atom is -0.406 e. The number of carbonyl (C=O) groups excluding carboxylic acids is 1. The first-order valence-corrected chi connectivity index (χ1v) is 15.9. The van der Waals surface area contributed by atoms with Gasteiger partial charge in [-0.05, 0) is 86.4 Å². The molecule has 2 amide bonds. The number of carbonyl (C=O) groups is 1. The van der Waals surface area contributed by atoms with Gasteiger partial charge in [0.2, 0.25) is 0 Å². The Morgan fingerprint density at radius 3 is 2.47 bits per heavy atom. The van der Waals surface area contributed by atoms with Crippen LogP contribution in [0.2, 0.25) is 0 Å². The molecule has 2 aliphatic rings. The van der Waals surface area contributed by atoms with Gasteiger partial charge >= 0.3 is 12.4 Å². The summed E-state index contributed by atoms with van der Waals surface area (Å²) in [5.74, 6) is 1.46. The highest BCUT2D eigenvalue weighted by Crippen LogP contribution is 2.36. The Morgan fingerprint density at radius 2 is 1.76 bits per heavy atom. The third-order valence-electron chi connectivity index (χ3n) is 8.12. The molecule has 1 aromatic heterocycles. The average Bonchev–Trinajstić information content (AvgIpc) is 3.68. The molecule has 6 rings (SSSR count). The second-order valence-electron chi connectivity index (χ2n) is 11.3. The molecule has 8 nitrogen and oxygen atoms in total. The fraction of sp³-hybridized carbons (Fsp3) is 0.333. The lowest BCUT2D eigenvalue weighted by molar-refractivity contribution is -0.274. The van der Waals surface area contributed by atoms with Crippen LogP contribution < -0.4 is 15.0 Å². The molecule has 2 atom stereocenters. The zero-order chi connectivity index (χ0) is 31.6. The summed E-state index contributed by atoms with van der Waals surface area (Å²) in [7, 11) is 0. The molecule has 3 aromatic carbocycles. The fourth-order valence-corrected chi connectivity index (χ4v) is 6.97. The number of aromatic nitrogens is 3. The van der Waals surface area contributed by atoms with Crippen LogP contribution in [0.25, 0.3) is 17.1 Å². The number of ether oxygens (including phenoxy) is 1. The maximum Gasteiger partial charge on any atom is 0.573 e. The molecule has 234 valence electrons. The number of amidine groups is 1. The number of hydrogen-bond acceptors (Lipinski definition) is 5. The molecule has 1 saturated heterocycles. The summed E-state index contributed by atoms with van der Waals surface area (Å²) >= 11 is 1.63. The molecule has 2 unspecified atom stereocenters. The average molecular weight is 635 g/mol. The van der Waals surface area contributed by atoms with Crippen molar-refractivity contribution in [3.05, 3.63) is 89.7 Å². The van der Waals surface area contributed by atoms with Gasteiger partial charge in [-0.3, -0.25) is 0 Å². The van der Waals surface area contributed by atoms with Crippen LogP contribution in [0, 0.1) is 13.8 Å². The maximum absolute atomic E-state index is 13.0. The molecule has 2 fully saturated rings. The minimum absolute atomic E-state index is 0.0547. The van der Waals surface area contributed by atoms with E-state index in [1.165, 1.54) is 52.0 Å². The topological polar surface area (TPSA) is 84.6 Å². The van der Waals surface area contributed by atoms with Crippen molar-refractivity contribution in [2.75, 3.05) is 17.2 Å². The van der Waals surface area contributed by atoms with E-state index in [0.717, 1.165) is 54.4 Å². The van der Waals surface area contributed by atoms with Gasteiger partial charge in [-0.1, -0.05) is 54.2 Å². The van der Waals surface area contributed by atoms with Crippen LogP contribution >= 0.6 is 11.8 Å². The summed E-state index contributed by atoms with van der Waals surface area (Å²) in [6, 6.07) is 19.5. The number of amides is 2. The zero-order valence-corrected chi connectivity index (χ0v) is 25.7. The van der Waals surface area contributed by atoms with Crippen molar-refractivity contribution in [3.8, 4) is 22.8 Å². The smallest absolute Gasteiger partial charge is 0.406 e. The van der Waals surface area contributed by atoms with E-state index < -0.39 is 6.36 Å². The molecule has 1 N–H and O–H groups in total. The van der Waals surface area contributed by atoms with Crippen molar-refractivity contribution in [1.82, 2.24) is 20.1 Å². The Labute approximate surface area is 263 Å². The molecule has 1 saturated carbocycles. The largest absolute Gasteiger partial charge is 0.573 e. The number of thioether (sulfide) groups is 1. The van der Waals surface area contributed by atoms with E-state index in [4.69, 9.17) is 0 Å². The van der Waals surface area contributed by atoms with Crippen LogP contribution in [0.4, 0.5) is 23.7 Å². The molecule has 12 heteroatoms. The number of hydrogen-bond donors (Lipinski definition) is 1. The quantitative estimate of drug-likeness (QED) is 0.233. The SMILES string of the molecule is Cc1cccc(C)c1N1CCCS/C1=N\C(=O)NC1CCC(c2ccc(-c3ncn(-c4ccc(OC(F)(F)F)cc4)n3)cc2)C1. The van der Waals surface area contributed by atoms with Crippen LogP contribution in [0.1, 0.15) is 48.3 Å². The number of alkyl halides is 3. The van der Waals surface area contributed by atoms with Crippen LogP contribution in [0.3, 0.4) is 0 Å². The highest BCUT2D eigenvalue weighted by molar-refractivity contribution is 8.14. The number of aliphatic imine (C=N–C) groups is 1.